The Morgan fingerprint density at radius 3 is 2.89 bits per heavy atom. The Hall–Kier alpha value is -2.43. The Labute approximate surface area is 101 Å². The molecule has 0 aliphatic rings. The number of nitrogens with one attached hydrogen (secondary N) is 1. The standard InChI is InChI=1S/C10H11FN4O3/c1-14(4-2-3-12)8(16)6-15-5-7(11)9(17)13-10(15)18/h5H,2,4,6H2,1H3,(H,13,17,18). The second-order valence-corrected chi connectivity index (χ2v) is 3.59. The summed E-state index contributed by atoms with van der Waals surface area (Å²) in [6.45, 7) is -0.176. The van der Waals surface area contributed by atoms with Crippen LogP contribution < -0.4 is 11.2 Å². The van der Waals surface area contributed by atoms with Crippen LogP contribution in [0.15, 0.2) is 15.8 Å². The van der Waals surface area contributed by atoms with Crippen LogP contribution in [0.2, 0.25) is 0 Å². The van der Waals surface area contributed by atoms with Crippen molar-refractivity contribution in [1.29, 1.82) is 5.26 Å². The molecule has 8 heteroatoms. The molecule has 0 radical (unpaired) electrons. The van der Waals surface area contributed by atoms with Gasteiger partial charge < -0.3 is 4.90 Å². The van der Waals surface area contributed by atoms with Crippen molar-refractivity contribution in [3.63, 3.8) is 0 Å². The van der Waals surface area contributed by atoms with Crippen molar-refractivity contribution in [2.24, 2.45) is 0 Å². The minimum absolute atomic E-state index is 0.164. The smallest absolute Gasteiger partial charge is 0.328 e. The van der Waals surface area contributed by atoms with Gasteiger partial charge >= 0.3 is 5.69 Å². The van der Waals surface area contributed by atoms with E-state index in [0.717, 1.165) is 4.57 Å². The maximum atomic E-state index is 12.9. The molecule has 0 unspecified atom stereocenters. The van der Waals surface area contributed by atoms with Crippen LogP contribution in [0, 0.1) is 17.1 Å². The SMILES string of the molecule is CN(CCC#N)C(=O)Cn1cc(F)c(=O)[nH]c1=O. The summed E-state index contributed by atoms with van der Waals surface area (Å²) in [7, 11) is 1.47. The summed E-state index contributed by atoms with van der Waals surface area (Å²) >= 11 is 0. The Morgan fingerprint density at radius 1 is 1.61 bits per heavy atom. The molecule has 1 aromatic rings. The number of carbonyl (C=O) groups excluding carboxylic acids is 1. The van der Waals surface area contributed by atoms with E-state index in [1.165, 1.54) is 11.9 Å². The quantitative estimate of drug-likeness (QED) is 0.748. The van der Waals surface area contributed by atoms with Crippen LogP contribution >= 0.6 is 0 Å². The minimum Gasteiger partial charge on any atom is -0.343 e. The van der Waals surface area contributed by atoms with Crippen molar-refractivity contribution >= 4 is 5.91 Å². The molecule has 96 valence electrons. The number of hydrogen-bond acceptors (Lipinski definition) is 4. The van der Waals surface area contributed by atoms with Crippen molar-refractivity contribution < 1.29 is 9.18 Å². The highest BCUT2D eigenvalue weighted by atomic mass is 19.1. The number of nitrogens with zero attached hydrogens (tertiary/aromatic N) is 3. The monoisotopic (exact) mass is 254 g/mol. The summed E-state index contributed by atoms with van der Waals surface area (Å²) < 4.78 is 13.7. The minimum atomic E-state index is -1.14. The number of nitriles is 1. The van der Waals surface area contributed by atoms with Crippen molar-refractivity contribution in [3.05, 3.63) is 32.9 Å². The molecule has 0 saturated heterocycles. The lowest BCUT2D eigenvalue weighted by Gasteiger charge is -2.15. The largest absolute Gasteiger partial charge is 0.343 e. The van der Waals surface area contributed by atoms with Gasteiger partial charge in [-0.25, -0.2) is 4.79 Å². The van der Waals surface area contributed by atoms with Gasteiger partial charge in [0.1, 0.15) is 6.54 Å². The Morgan fingerprint density at radius 2 is 2.28 bits per heavy atom. The lowest BCUT2D eigenvalue weighted by atomic mass is 10.4. The van der Waals surface area contributed by atoms with E-state index in [9.17, 15) is 18.8 Å². The number of hydrogen-bond donors (Lipinski definition) is 1. The Bertz CT molecular complexity index is 598. The second kappa shape index (κ2) is 5.77. The molecule has 0 bridgehead atoms. The highest BCUT2D eigenvalue weighted by Gasteiger charge is 2.11. The van der Waals surface area contributed by atoms with Crippen molar-refractivity contribution in [1.82, 2.24) is 14.5 Å². The topological polar surface area (TPSA) is 99.0 Å². The lowest BCUT2D eigenvalue weighted by Crippen LogP contribution is -2.37. The fraction of sp³-hybridized carbons (Fsp3) is 0.400. The van der Waals surface area contributed by atoms with Crippen LogP contribution in [-0.2, 0) is 11.3 Å². The zero-order valence-electron chi connectivity index (χ0n) is 9.64. The molecule has 0 spiro atoms. The molecule has 1 rings (SSSR count). The number of aromatic nitrogens is 2. The summed E-state index contributed by atoms with van der Waals surface area (Å²) in [5.74, 6) is -1.60. The van der Waals surface area contributed by atoms with Gasteiger partial charge in [0.2, 0.25) is 11.7 Å². The lowest BCUT2D eigenvalue weighted by molar-refractivity contribution is -0.130. The Kier molecular flexibility index (Phi) is 4.37. The van der Waals surface area contributed by atoms with Gasteiger partial charge in [-0.3, -0.25) is 19.1 Å². The predicted octanol–water partition coefficient (Wildman–Crippen LogP) is -0.952. The van der Waals surface area contributed by atoms with E-state index in [0.29, 0.717) is 6.20 Å². The van der Waals surface area contributed by atoms with Crippen LogP contribution in [0.3, 0.4) is 0 Å². The van der Waals surface area contributed by atoms with Gasteiger partial charge in [-0.05, 0) is 0 Å². The maximum Gasteiger partial charge on any atom is 0.328 e. The van der Waals surface area contributed by atoms with Crippen LogP contribution in [0.4, 0.5) is 4.39 Å². The molecule has 0 aliphatic heterocycles. The molecule has 1 N–H and O–H groups in total. The first-order valence-electron chi connectivity index (χ1n) is 5.06. The van der Waals surface area contributed by atoms with Gasteiger partial charge in [0.05, 0.1) is 18.7 Å². The van der Waals surface area contributed by atoms with Gasteiger partial charge in [0.15, 0.2) is 0 Å². The summed E-state index contributed by atoms with van der Waals surface area (Å²) in [6.07, 6.45) is 0.842. The van der Waals surface area contributed by atoms with Crippen LogP contribution in [0.1, 0.15) is 6.42 Å². The summed E-state index contributed by atoms with van der Waals surface area (Å²) in [6, 6.07) is 1.88. The molecule has 1 amide bonds. The molecule has 0 aliphatic carbocycles. The third-order valence-electron chi connectivity index (χ3n) is 2.26. The van der Waals surface area contributed by atoms with Gasteiger partial charge in [-0.2, -0.15) is 9.65 Å². The van der Waals surface area contributed by atoms with Gasteiger partial charge in [-0.15, -0.1) is 0 Å². The van der Waals surface area contributed by atoms with Crippen LogP contribution in [0.25, 0.3) is 0 Å². The van der Waals surface area contributed by atoms with Crippen LogP contribution in [-0.4, -0.2) is 34.0 Å². The molecule has 18 heavy (non-hydrogen) atoms. The van der Waals surface area contributed by atoms with E-state index in [-0.39, 0.29) is 13.0 Å². The zero-order valence-corrected chi connectivity index (χ0v) is 9.64. The average Bonchev–Trinajstić information content (AvgIpc) is 2.32. The van der Waals surface area contributed by atoms with Gasteiger partial charge in [0, 0.05) is 13.6 Å². The molecule has 0 fully saturated rings. The van der Waals surface area contributed by atoms with E-state index in [4.69, 9.17) is 5.26 Å². The first-order valence-corrected chi connectivity index (χ1v) is 5.06. The normalized spacial score (nSPS) is 9.83. The van der Waals surface area contributed by atoms with E-state index < -0.39 is 29.5 Å². The fourth-order valence-electron chi connectivity index (χ4n) is 1.21. The van der Waals surface area contributed by atoms with E-state index >= 15 is 0 Å². The van der Waals surface area contributed by atoms with E-state index in [2.05, 4.69) is 0 Å². The second-order valence-electron chi connectivity index (χ2n) is 3.59. The predicted molar refractivity (Wildman–Crippen MR) is 59.1 cm³/mol. The van der Waals surface area contributed by atoms with Crippen LogP contribution in [0.5, 0.6) is 0 Å². The first kappa shape index (κ1) is 13.6. The summed E-state index contributed by atoms with van der Waals surface area (Å²) in [4.78, 5) is 36.7. The maximum absolute atomic E-state index is 12.9. The third-order valence-corrected chi connectivity index (χ3v) is 2.26. The number of halogens is 1. The molecule has 1 heterocycles. The highest BCUT2D eigenvalue weighted by molar-refractivity contribution is 5.75. The molecule has 0 saturated carbocycles. The van der Waals surface area contributed by atoms with Crippen molar-refractivity contribution in [2.45, 2.75) is 13.0 Å². The molecule has 0 aromatic carbocycles. The number of carbonyl (C=O) groups is 1. The molecule has 0 atom stereocenters. The molecular weight excluding hydrogens is 243 g/mol. The number of likely N-dealkylation sites (N-methyl/N-ethyl adjacent to an activating group) is 1. The molecule has 1 aromatic heterocycles. The first-order chi connectivity index (χ1) is 8.45. The Balaban J connectivity index is 2.83. The highest BCUT2D eigenvalue weighted by Crippen LogP contribution is 1.92. The van der Waals surface area contributed by atoms with E-state index in [1.54, 1.807) is 4.98 Å². The zero-order chi connectivity index (χ0) is 13.7. The van der Waals surface area contributed by atoms with Crippen molar-refractivity contribution in [2.75, 3.05) is 13.6 Å². The number of amides is 1. The summed E-state index contributed by atoms with van der Waals surface area (Å²) in [5, 5.41) is 8.37. The van der Waals surface area contributed by atoms with Gasteiger partial charge in [-0.1, -0.05) is 0 Å². The van der Waals surface area contributed by atoms with Crippen molar-refractivity contribution in [3.8, 4) is 6.07 Å². The van der Waals surface area contributed by atoms with Gasteiger partial charge in [0.25, 0.3) is 5.56 Å². The number of aromatic amines is 1. The number of H-pyrrole nitrogens is 1. The van der Waals surface area contributed by atoms with E-state index in [1.807, 2.05) is 6.07 Å². The third kappa shape index (κ3) is 3.28. The molecule has 7 nitrogen and oxygen atoms in total. The fourth-order valence-corrected chi connectivity index (χ4v) is 1.21. The number of rotatable bonds is 4. The molecular formula is C10H11FN4O3. The summed E-state index contributed by atoms with van der Waals surface area (Å²) in [5.41, 5.74) is -1.98. The average molecular weight is 254 g/mol.